The maximum atomic E-state index is 9.42. The molecule has 5 heteroatoms. The van der Waals surface area contributed by atoms with Gasteiger partial charge in [-0.25, -0.2) is 0 Å². The summed E-state index contributed by atoms with van der Waals surface area (Å²) in [4.78, 5) is 0. The van der Waals surface area contributed by atoms with Gasteiger partial charge in [0.05, 0.1) is 30.4 Å². The predicted octanol–water partition coefficient (Wildman–Crippen LogP) is 4.14. The first-order valence-corrected chi connectivity index (χ1v) is 7.11. The number of nitriles is 1. The zero-order valence-electron chi connectivity index (χ0n) is 11.8. The van der Waals surface area contributed by atoms with Crippen LogP contribution in [0.4, 0.5) is 5.69 Å². The van der Waals surface area contributed by atoms with E-state index < -0.39 is 6.04 Å². The fourth-order valence-corrected chi connectivity index (χ4v) is 2.53. The second-order valence-electron chi connectivity index (χ2n) is 4.30. The summed E-state index contributed by atoms with van der Waals surface area (Å²) in [7, 11) is 3.21. The molecule has 0 bridgehead atoms. The van der Waals surface area contributed by atoms with Gasteiger partial charge in [0.1, 0.15) is 17.5 Å². The van der Waals surface area contributed by atoms with Crippen molar-refractivity contribution in [2.75, 3.05) is 19.5 Å². The zero-order valence-corrected chi connectivity index (χ0v) is 13.3. The third kappa shape index (κ3) is 3.47. The van der Waals surface area contributed by atoms with Gasteiger partial charge in [-0.15, -0.1) is 0 Å². The van der Waals surface area contributed by atoms with E-state index >= 15 is 0 Å². The van der Waals surface area contributed by atoms with Crippen molar-refractivity contribution in [3.05, 3.63) is 52.5 Å². The van der Waals surface area contributed by atoms with Gasteiger partial charge in [0.15, 0.2) is 0 Å². The Bertz CT molecular complexity index is 668. The minimum Gasteiger partial charge on any atom is -0.496 e. The molecule has 0 saturated carbocycles. The molecule has 0 aliphatic carbocycles. The molecule has 0 aliphatic heterocycles. The molecule has 1 N–H and O–H groups in total. The van der Waals surface area contributed by atoms with E-state index in [-0.39, 0.29) is 0 Å². The Hall–Kier alpha value is -2.19. The summed E-state index contributed by atoms with van der Waals surface area (Å²) in [5.41, 5.74) is 1.62. The van der Waals surface area contributed by atoms with E-state index in [9.17, 15) is 5.26 Å². The number of ether oxygens (including phenoxy) is 2. The predicted molar refractivity (Wildman–Crippen MR) is 85.7 cm³/mol. The highest BCUT2D eigenvalue weighted by Gasteiger charge is 2.14. The summed E-state index contributed by atoms with van der Waals surface area (Å²) >= 11 is 3.43. The summed E-state index contributed by atoms with van der Waals surface area (Å²) in [6.45, 7) is 0. The number of rotatable bonds is 5. The molecule has 1 atom stereocenters. The molecule has 2 rings (SSSR count). The van der Waals surface area contributed by atoms with Crippen LogP contribution >= 0.6 is 15.9 Å². The van der Waals surface area contributed by atoms with Gasteiger partial charge in [0.25, 0.3) is 0 Å². The van der Waals surface area contributed by atoms with Crippen LogP contribution in [-0.2, 0) is 0 Å². The molecular weight excluding hydrogens is 332 g/mol. The second-order valence-corrected chi connectivity index (χ2v) is 5.16. The standard InChI is InChI=1S/C16H15BrN2O2/c1-20-15-8-7-11(9-12(15)17)14(10-18)19-13-5-3-4-6-16(13)21-2/h3-9,14,19H,1-2H3. The molecule has 0 amide bonds. The Morgan fingerprint density at radius 1 is 1.10 bits per heavy atom. The summed E-state index contributed by atoms with van der Waals surface area (Å²) < 4.78 is 11.3. The normalized spacial score (nSPS) is 11.3. The van der Waals surface area contributed by atoms with Gasteiger partial charge in [-0.1, -0.05) is 18.2 Å². The van der Waals surface area contributed by atoms with Gasteiger partial charge in [-0.3, -0.25) is 0 Å². The van der Waals surface area contributed by atoms with E-state index in [1.54, 1.807) is 14.2 Å². The van der Waals surface area contributed by atoms with E-state index in [2.05, 4.69) is 27.3 Å². The molecule has 0 spiro atoms. The fraction of sp³-hybridized carbons (Fsp3) is 0.188. The van der Waals surface area contributed by atoms with Crippen molar-refractivity contribution in [1.29, 1.82) is 5.26 Å². The first-order chi connectivity index (χ1) is 10.2. The zero-order chi connectivity index (χ0) is 15.2. The van der Waals surface area contributed by atoms with Crippen molar-refractivity contribution in [3.8, 4) is 17.6 Å². The summed E-state index contributed by atoms with van der Waals surface area (Å²) in [5, 5.41) is 12.6. The highest BCUT2D eigenvalue weighted by Crippen LogP contribution is 2.31. The molecule has 0 saturated heterocycles. The number of halogens is 1. The maximum Gasteiger partial charge on any atom is 0.141 e. The van der Waals surface area contributed by atoms with Gasteiger partial charge in [-0.05, 0) is 45.8 Å². The number of nitrogens with zero attached hydrogens (tertiary/aromatic N) is 1. The molecule has 0 radical (unpaired) electrons. The Morgan fingerprint density at radius 2 is 1.81 bits per heavy atom. The smallest absolute Gasteiger partial charge is 0.141 e. The van der Waals surface area contributed by atoms with Crippen LogP contribution < -0.4 is 14.8 Å². The van der Waals surface area contributed by atoms with E-state index in [1.807, 2.05) is 42.5 Å². The van der Waals surface area contributed by atoms with Crippen molar-refractivity contribution in [3.63, 3.8) is 0 Å². The molecule has 4 nitrogen and oxygen atoms in total. The van der Waals surface area contributed by atoms with Crippen LogP contribution in [0.5, 0.6) is 11.5 Å². The van der Waals surface area contributed by atoms with Crippen LogP contribution in [0.25, 0.3) is 0 Å². The van der Waals surface area contributed by atoms with Crippen molar-refractivity contribution >= 4 is 21.6 Å². The van der Waals surface area contributed by atoms with Crippen LogP contribution in [0.15, 0.2) is 46.9 Å². The lowest BCUT2D eigenvalue weighted by atomic mass is 10.1. The molecule has 2 aromatic carbocycles. The number of benzene rings is 2. The molecule has 1 unspecified atom stereocenters. The molecule has 2 aromatic rings. The van der Waals surface area contributed by atoms with E-state index in [4.69, 9.17) is 9.47 Å². The SMILES string of the molecule is COc1ccc(C(C#N)Nc2ccccc2OC)cc1Br. The first kappa shape index (κ1) is 15.2. The minimum absolute atomic E-state index is 0.483. The fourth-order valence-electron chi connectivity index (χ4n) is 1.97. The van der Waals surface area contributed by atoms with Gasteiger partial charge in [-0.2, -0.15) is 5.26 Å². The van der Waals surface area contributed by atoms with Gasteiger partial charge in [0, 0.05) is 0 Å². The largest absolute Gasteiger partial charge is 0.496 e. The third-order valence-electron chi connectivity index (χ3n) is 3.05. The Kier molecular flexibility index (Phi) is 5.07. The van der Waals surface area contributed by atoms with Gasteiger partial charge >= 0.3 is 0 Å². The van der Waals surface area contributed by atoms with Crippen LogP contribution in [0.1, 0.15) is 11.6 Å². The summed E-state index contributed by atoms with van der Waals surface area (Å²) in [6.07, 6.45) is 0. The van der Waals surface area contributed by atoms with Crippen molar-refractivity contribution in [2.24, 2.45) is 0 Å². The molecule has 108 valence electrons. The van der Waals surface area contributed by atoms with Crippen molar-refractivity contribution in [1.82, 2.24) is 0 Å². The number of anilines is 1. The number of nitrogens with one attached hydrogen (secondary N) is 1. The van der Waals surface area contributed by atoms with Crippen molar-refractivity contribution in [2.45, 2.75) is 6.04 Å². The summed E-state index contributed by atoms with van der Waals surface area (Å²) in [6, 6.07) is 14.8. The Labute approximate surface area is 132 Å². The first-order valence-electron chi connectivity index (χ1n) is 6.32. The van der Waals surface area contributed by atoms with Crippen LogP contribution in [0.3, 0.4) is 0 Å². The van der Waals surface area contributed by atoms with Crippen LogP contribution in [0.2, 0.25) is 0 Å². The van der Waals surface area contributed by atoms with Crippen LogP contribution in [-0.4, -0.2) is 14.2 Å². The number of hydrogen-bond donors (Lipinski definition) is 1. The number of para-hydroxylation sites is 2. The number of methoxy groups -OCH3 is 2. The third-order valence-corrected chi connectivity index (χ3v) is 3.66. The average molecular weight is 347 g/mol. The topological polar surface area (TPSA) is 54.3 Å². The van der Waals surface area contributed by atoms with Crippen molar-refractivity contribution < 1.29 is 9.47 Å². The Balaban J connectivity index is 2.28. The molecule has 0 aromatic heterocycles. The lowest BCUT2D eigenvalue weighted by Crippen LogP contribution is -2.09. The second kappa shape index (κ2) is 7.00. The molecule has 0 heterocycles. The highest BCUT2D eigenvalue weighted by atomic mass is 79.9. The van der Waals surface area contributed by atoms with Gasteiger partial charge < -0.3 is 14.8 Å². The lowest BCUT2D eigenvalue weighted by molar-refractivity contribution is 0.412. The van der Waals surface area contributed by atoms with E-state index in [0.29, 0.717) is 5.75 Å². The molecule has 0 fully saturated rings. The lowest BCUT2D eigenvalue weighted by Gasteiger charge is -2.16. The van der Waals surface area contributed by atoms with Gasteiger partial charge in [0.2, 0.25) is 0 Å². The van der Waals surface area contributed by atoms with E-state index in [0.717, 1.165) is 21.5 Å². The molecule has 0 aliphatic rings. The van der Waals surface area contributed by atoms with Crippen LogP contribution in [0, 0.1) is 11.3 Å². The number of hydrogen-bond acceptors (Lipinski definition) is 4. The molecule has 21 heavy (non-hydrogen) atoms. The average Bonchev–Trinajstić information content (AvgIpc) is 2.52. The highest BCUT2D eigenvalue weighted by molar-refractivity contribution is 9.10. The quantitative estimate of drug-likeness (QED) is 0.883. The minimum atomic E-state index is -0.483. The Morgan fingerprint density at radius 3 is 2.43 bits per heavy atom. The van der Waals surface area contributed by atoms with E-state index in [1.165, 1.54) is 0 Å². The monoisotopic (exact) mass is 346 g/mol. The molecular formula is C16H15BrN2O2. The summed E-state index contributed by atoms with van der Waals surface area (Å²) in [5.74, 6) is 1.43. The maximum absolute atomic E-state index is 9.42.